The van der Waals surface area contributed by atoms with Crippen LogP contribution < -0.4 is 0 Å². The van der Waals surface area contributed by atoms with Gasteiger partial charge in [-0.1, -0.05) is 116 Å². The van der Waals surface area contributed by atoms with E-state index in [1.165, 1.54) is 129 Å². The highest BCUT2D eigenvalue weighted by molar-refractivity contribution is 8.00. The van der Waals surface area contributed by atoms with Crippen LogP contribution in [0.1, 0.15) is 59.1 Å². The predicted molar refractivity (Wildman–Crippen MR) is 284 cm³/mol. The number of rotatable bonds is 9. The molecule has 0 amide bonds. The Hall–Kier alpha value is -7.20. The zero-order valence-corrected chi connectivity index (χ0v) is 39.2. The van der Waals surface area contributed by atoms with Crippen molar-refractivity contribution in [2.75, 3.05) is 0 Å². The normalized spacial score (nSPS) is 15.3. The summed E-state index contributed by atoms with van der Waals surface area (Å²) in [6, 6.07) is 63.4. The van der Waals surface area contributed by atoms with Crippen molar-refractivity contribution < 1.29 is 0 Å². The van der Waals surface area contributed by atoms with Gasteiger partial charge in [0.25, 0.3) is 0 Å². The fourth-order valence-electron chi connectivity index (χ4n) is 10.5. The van der Waals surface area contributed by atoms with Gasteiger partial charge in [-0.25, -0.2) is 0 Å². The van der Waals surface area contributed by atoms with Gasteiger partial charge in [-0.05, 0) is 213 Å². The van der Waals surface area contributed by atoms with E-state index in [4.69, 9.17) is 4.98 Å². The molecule has 4 heterocycles. The van der Waals surface area contributed by atoms with Crippen molar-refractivity contribution in [2.24, 2.45) is 0 Å². The van der Waals surface area contributed by atoms with E-state index in [1.807, 2.05) is 24.0 Å². The number of pyridine rings is 1. The van der Waals surface area contributed by atoms with Crippen molar-refractivity contribution >= 4 is 22.9 Å². The number of aryl methyl sites for hydroxylation is 4. The molecule has 12 rings (SSSR count). The molecule has 67 heavy (non-hydrogen) atoms. The molecule has 3 aliphatic rings. The number of nitrogens with zero attached hydrogens (tertiary/aromatic N) is 2. The lowest BCUT2D eigenvalue weighted by Gasteiger charge is -2.16. The molecule has 1 unspecified atom stereocenters. The fourth-order valence-corrected chi connectivity index (χ4v) is 11.7. The molecule has 1 aliphatic carbocycles. The van der Waals surface area contributed by atoms with E-state index in [0.717, 1.165) is 24.2 Å². The molecule has 3 heteroatoms. The summed E-state index contributed by atoms with van der Waals surface area (Å²) >= 11 is 1.92. The maximum absolute atomic E-state index is 4.84. The van der Waals surface area contributed by atoms with Crippen molar-refractivity contribution in [1.29, 1.82) is 0 Å². The van der Waals surface area contributed by atoms with Crippen LogP contribution in [0.2, 0.25) is 0 Å². The van der Waals surface area contributed by atoms with Crippen molar-refractivity contribution in [2.45, 2.75) is 62.6 Å². The molecule has 7 aromatic carbocycles. The van der Waals surface area contributed by atoms with Gasteiger partial charge in [0.2, 0.25) is 0 Å². The van der Waals surface area contributed by atoms with Crippen LogP contribution in [0.4, 0.5) is 0 Å². The highest BCUT2D eigenvalue weighted by atomic mass is 32.2. The van der Waals surface area contributed by atoms with Gasteiger partial charge in [0.05, 0.1) is 11.4 Å². The van der Waals surface area contributed by atoms with Crippen LogP contribution in [0.25, 0.3) is 89.3 Å². The monoisotopic (exact) mass is 880 g/mol. The molecule has 0 radical (unpaired) electrons. The van der Waals surface area contributed by atoms with E-state index in [2.05, 4.69) is 208 Å². The van der Waals surface area contributed by atoms with E-state index in [0.29, 0.717) is 5.92 Å². The van der Waals surface area contributed by atoms with Crippen molar-refractivity contribution in [1.82, 2.24) is 9.55 Å². The summed E-state index contributed by atoms with van der Waals surface area (Å²) in [6.45, 7) is 12.5. The number of allylic oxidation sites excluding steroid dienone is 2. The van der Waals surface area contributed by atoms with Crippen molar-refractivity contribution in [3.63, 3.8) is 0 Å². The SMILES string of the molecule is C=C1C=C(c2cccc(-c3cccc(-c4ccc(C)c(-c5c6ccn5CC6)c4)c3)c2)C(C)Sc2ccc(-c3cccc(-c4cccc(-c5ccc(C6CC6)c(-c6ncccc6C)c5)c4)c3)cc21. The molecule has 9 aromatic rings. The molecule has 1 fully saturated rings. The lowest BCUT2D eigenvalue weighted by Crippen LogP contribution is -2.00. The first-order valence-electron chi connectivity index (χ1n) is 23.8. The lowest BCUT2D eigenvalue weighted by molar-refractivity contribution is 0.744. The summed E-state index contributed by atoms with van der Waals surface area (Å²) in [5, 5.41) is 0.243. The van der Waals surface area contributed by atoms with Crippen LogP contribution in [0.3, 0.4) is 0 Å². The number of aromatic nitrogens is 2. The second-order valence-electron chi connectivity index (χ2n) is 18.8. The summed E-state index contributed by atoms with van der Waals surface area (Å²) in [7, 11) is 0. The van der Waals surface area contributed by atoms with Gasteiger partial charge in [0.15, 0.2) is 0 Å². The fraction of sp³-hybridized carbons (Fsp3) is 0.141. The van der Waals surface area contributed by atoms with Crippen molar-refractivity contribution in [3.8, 4) is 78.1 Å². The third-order valence-corrected chi connectivity index (χ3v) is 15.6. The summed E-state index contributed by atoms with van der Waals surface area (Å²) < 4.78 is 2.41. The molecule has 324 valence electrons. The van der Waals surface area contributed by atoms with Gasteiger partial charge in [-0.15, -0.1) is 11.8 Å². The van der Waals surface area contributed by atoms with Crippen LogP contribution in [0, 0.1) is 13.8 Å². The molecule has 0 spiro atoms. The predicted octanol–water partition coefficient (Wildman–Crippen LogP) is 17.2. The Morgan fingerprint density at radius 1 is 0.537 bits per heavy atom. The van der Waals surface area contributed by atoms with E-state index in [-0.39, 0.29) is 5.25 Å². The molecular formula is C64H52N2S. The molecule has 1 atom stereocenters. The topological polar surface area (TPSA) is 17.8 Å². The minimum absolute atomic E-state index is 0.243. The highest BCUT2D eigenvalue weighted by Crippen LogP contribution is 2.47. The number of hydrogen-bond donors (Lipinski definition) is 0. The van der Waals surface area contributed by atoms with Crippen LogP contribution in [-0.2, 0) is 13.0 Å². The van der Waals surface area contributed by atoms with Gasteiger partial charge >= 0.3 is 0 Å². The third kappa shape index (κ3) is 7.82. The van der Waals surface area contributed by atoms with E-state index < -0.39 is 0 Å². The van der Waals surface area contributed by atoms with Crippen molar-refractivity contribution in [3.05, 3.63) is 228 Å². The molecule has 0 N–H and O–H groups in total. The Balaban J connectivity index is 0.812. The standard InChI is InChI=1S/C64H52N2S/c1-40-19-20-53(38-59(40)64-45-27-30-66(64)31-28-45)49-14-7-13-48(35-49)52-17-8-18-56(36-52)60-32-42(3)58-37-55(24-26-62(58)67-43(60)4)51-16-6-12-47(34-51)46-11-5-15-50(33-46)54-23-25-57(44-21-22-44)61(39-54)63-41(2)10-9-29-65-63/h5-20,23-27,29-30,32-39,43-44H,3,21-22,28,31H2,1-2,4H3. The second-order valence-corrected chi connectivity index (χ2v) is 20.2. The Bertz CT molecular complexity index is 3450. The number of hydrogen-bond acceptors (Lipinski definition) is 2. The van der Waals surface area contributed by atoms with E-state index >= 15 is 0 Å². The van der Waals surface area contributed by atoms with Gasteiger partial charge < -0.3 is 4.57 Å². The maximum Gasteiger partial charge on any atom is 0.0734 e. The van der Waals surface area contributed by atoms with Crippen LogP contribution in [0.5, 0.6) is 0 Å². The quantitative estimate of drug-likeness (QED) is 0.144. The average Bonchev–Trinajstić information content (AvgIpc) is 4.07. The number of thioether (sulfide) groups is 1. The largest absolute Gasteiger partial charge is 0.347 e. The zero-order chi connectivity index (χ0) is 45.2. The lowest BCUT2D eigenvalue weighted by atomic mass is 9.91. The summed E-state index contributed by atoms with van der Waals surface area (Å²) in [5.74, 6) is 0.641. The number of benzene rings is 7. The molecule has 2 nitrogen and oxygen atoms in total. The molecule has 0 saturated heterocycles. The van der Waals surface area contributed by atoms with Gasteiger partial charge in [-0.3, -0.25) is 4.98 Å². The molecule has 2 aromatic heterocycles. The zero-order valence-electron chi connectivity index (χ0n) is 38.4. The summed E-state index contributed by atoms with van der Waals surface area (Å²) in [4.78, 5) is 6.11. The minimum Gasteiger partial charge on any atom is -0.347 e. The van der Waals surface area contributed by atoms with Crippen LogP contribution >= 0.6 is 11.8 Å². The molecule has 1 saturated carbocycles. The minimum atomic E-state index is 0.243. The Kier molecular flexibility index (Phi) is 10.4. The van der Waals surface area contributed by atoms with Gasteiger partial charge in [-0.2, -0.15) is 0 Å². The van der Waals surface area contributed by atoms with Gasteiger partial charge in [0, 0.05) is 40.2 Å². The molecular weight excluding hydrogens is 829 g/mol. The average molecular weight is 881 g/mol. The van der Waals surface area contributed by atoms with E-state index in [1.54, 1.807) is 0 Å². The number of fused-ring (bicyclic) bond motifs is 3. The van der Waals surface area contributed by atoms with Crippen LogP contribution in [0.15, 0.2) is 200 Å². The van der Waals surface area contributed by atoms with Crippen LogP contribution in [-0.4, -0.2) is 14.8 Å². The smallest absolute Gasteiger partial charge is 0.0734 e. The van der Waals surface area contributed by atoms with E-state index in [9.17, 15) is 0 Å². The summed E-state index contributed by atoms with van der Waals surface area (Å²) in [5.41, 5.74) is 27.4. The Morgan fingerprint density at radius 3 is 1.63 bits per heavy atom. The maximum atomic E-state index is 4.84. The first kappa shape index (κ1) is 41.2. The first-order chi connectivity index (χ1) is 32.8. The highest BCUT2D eigenvalue weighted by Gasteiger charge is 2.28. The molecule has 2 bridgehead atoms. The Morgan fingerprint density at radius 2 is 1.07 bits per heavy atom. The first-order valence-corrected chi connectivity index (χ1v) is 24.7. The summed E-state index contributed by atoms with van der Waals surface area (Å²) in [6.07, 6.45) is 10.1. The molecule has 2 aliphatic heterocycles. The second kappa shape index (κ2) is 16.9. The third-order valence-electron chi connectivity index (χ3n) is 14.3. The van der Waals surface area contributed by atoms with Gasteiger partial charge in [0.1, 0.15) is 0 Å². The Labute approximate surface area is 399 Å².